The van der Waals surface area contributed by atoms with Crippen molar-refractivity contribution in [2.45, 2.75) is 40.2 Å². The zero-order valence-electron chi connectivity index (χ0n) is 11.5. The molecular weight excluding hydrogens is 226 g/mol. The summed E-state index contributed by atoms with van der Waals surface area (Å²) in [4.78, 5) is 23.6. The Labute approximate surface area is 109 Å². The standard InChI is InChI=1S/C15H21NO2/c1-5-11(3)14(16-12(4)17)15(18)13-8-6-10(2)7-9-13/h6-9,11,14H,5H2,1-4H3,(H,16,17)/t11-,14+/m0/s1. The van der Waals surface area contributed by atoms with Crippen molar-refractivity contribution in [1.29, 1.82) is 0 Å². The van der Waals surface area contributed by atoms with E-state index in [9.17, 15) is 9.59 Å². The Morgan fingerprint density at radius 3 is 2.22 bits per heavy atom. The molecule has 2 atom stereocenters. The number of benzene rings is 1. The maximum Gasteiger partial charge on any atom is 0.217 e. The quantitative estimate of drug-likeness (QED) is 0.813. The third-order valence-electron chi connectivity index (χ3n) is 3.19. The fourth-order valence-electron chi connectivity index (χ4n) is 1.82. The summed E-state index contributed by atoms with van der Waals surface area (Å²) >= 11 is 0. The third kappa shape index (κ3) is 3.69. The van der Waals surface area contributed by atoms with Gasteiger partial charge in [-0.3, -0.25) is 9.59 Å². The molecule has 0 saturated carbocycles. The highest BCUT2D eigenvalue weighted by Crippen LogP contribution is 2.14. The second-order valence-electron chi connectivity index (χ2n) is 4.79. The normalized spacial score (nSPS) is 13.8. The van der Waals surface area contributed by atoms with Crippen LogP contribution < -0.4 is 5.32 Å². The summed E-state index contributed by atoms with van der Waals surface area (Å²) in [5, 5.41) is 2.75. The Bertz CT molecular complexity index is 423. The van der Waals surface area contributed by atoms with Crippen molar-refractivity contribution in [1.82, 2.24) is 5.32 Å². The van der Waals surface area contributed by atoms with Gasteiger partial charge in [0.1, 0.15) is 0 Å². The Morgan fingerprint density at radius 1 is 1.22 bits per heavy atom. The lowest BCUT2D eigenvalue weighted by Crippen LogP contribution is -2.44. The summed E-state index contributed by atoms with van der Waals surface area (Å²) in [6.45, 7) is 7.42. The van der Waals surface area contributed by atoms with E-state index in [4.69, 9.17) is 0 Å². The first kappa shape index (κ1) is 14.4. The molecular formula is C15H21NO2. The molecule has 1 aromatic rings. The first-order chi connectivity index (χ1) is 8.45. The summed E-state index contributed by atoms with van der Waals surface area (Å²) in [6.07, 6.45) is 0.850. The molecule has 18 heavy (non-hydrogen) atoms. The van der Waals surface area contributed by atoms with Crippen molar-refractivity contribution in [2.75, 3.05) is 0 Å². The number of hydrogen-bond acceptors (Lipinski definition) is 2. The van der Waals surface area contributed by atoms with Crippen LogP contribution in [0.4, 0.5) is 0 Å². The molecule has 0 unspecified atom stereocenters. The lowest BCUT2D eigenvalue weighted by Gasteiger charge is -2.22. The number of nitrogens with one attached hydrogen (secondary N) is 1. The summed E-state index contributed by atoms with van der Waals surface area (Å²) in [7, 11) is 0. The molecule has 1 N–H and O–H groups in total. The van der Waals surface area contributed by atoms with Crippen LogP contribution in [0, 0.1) is 12.8 Å². The fourth-order valence-corrected chi connectivity index (χ4v) is 1.82. The molecule has 0 aromatic heterocycles. The van der Waals surface area contributed by atoms with Gasteiger partial charge in [0.2, 0.25) is 5.91 Å². The van der Waals surface area contributed by atoms with Crippen LogP contribution in [0.5, 0.6) is 0 Å². The minimum Gasteiger partial charge on any atom is -0.346 e. The molecule has 1 rings (SSSR count). The van der Waals surface area contributed by atoms with Crippen LogP contribution in [0.3, 0.4) is 0 Å². The van der Waals surface area contributed by atoms with Gasteiger partial charge in [0.25, 0.3) is 0 Å². The molecule has 3 nitrogen and oxygen atoms in total. The Kier molecular flexibility index (Phi) is 5.08. The van der Waals surface area contributed by atoms with Crippen LogP contribution in [0.1, 0.15) is 43.1 Å². The van der Waals surface area contributed by atoms with Crippen molar-refractivity contribution < 1.29 is 9.59 Å². The molecule has 98 valence electrons. The van der Waals surface area contributed by atoms with Gasteiger partial charge in [0.15, 0.2) is 5.78 Å². The van der Waals surface area contributed by atoms with Gasteiger partial charge in [-0.25, -0.2) is 0 Å². The predicted octanol–water partition coefficient (Wildman–Crippen LogP) is 2.73. The van der Waals surface area contributed by atoms with Crippen molar-refractivity contribution in [3.8, 4) is 0 Å². The smallest absolute Gasteiger partial charge is 0.217 e. The Morgan fingerprint density at radius 2 is 1.78 bits per heavy atom. The number of carbonyl (C=O) groups is 2. The van der Waals surface area contributed by atoms with E-state index < -0.39 is 6.04 Å². The zero-order valence-corrected chi connectivity index (χ0v) is 11.5. The summed E-state index contributed by atoms with van der Waals surface area (Å²) in [5.41, 5.74) is 1.77. The van der Waals surface area contributed by atoms with Crippen LogP contribution in [-0.4, -0.2) is 17.7 Å². The molecule has 0 heterocycles. The third-order valence-corrected chi connectivity index (χ3v) is 3.19. The summed E-state index contributed by atoms with van der Waals surface area (Å²) < 4.78 is 0. The van der Waals surface area contributed by atoms with Gasteiger partial charge >= 0.3 is 0 Å². The fraction of sp³-hybridized carbons (Fsp3) is 0.467. The van der Waals surface area contributed by atoms with Crippen molar-refractivity contribution in [2.24, 2.45) is 5.92 Å². The molecule has 0 aliphatic heterocycles. The lowest BCUT2D eigenvalue weighted by molar-refractivity contribution is -0.119. The number of amides is 1. The van der Waals surface area contributed by atoms with Crippen LogP contribution in [0.25, 0.3) is 0 Å². The first-order valence-electron chi connectivity index (χ1n) is 6.33. The molecule has 3 heteroatoms. The maximum atomic E-state index is 12.4. The zero-order chi connectivity index (χ0) is 13.7. The molecule has 0 aliphatic carbocycles. The monoisotopic (exact) mass is 247 g/mol. The number of carbonyl (C=O) groups excluding carboxylic acids is 2. The van der Waals surface area contributed by atoms with Gasteiger partial charge in [-0.15, -0.1) is 0 Å². The van der Waals surface area contributed by atoms with E-state index in [1.807, 2.05) is 45.0 Å². The van der Waals surface area contributed by atoms with Gasteiger partial charge in [0, 0.05) is 12.5 Å². The van der Waals surface area contributed by atoms with E-state index >= 15 is 0 Å². The molecule has 1 aromatic carbocycles. The second-order valence-corrected chi connectivity index (χ2v) is 4.79. The van der Waals surface area contributed by atoms with Crippen molar-refractivity contribution in [3.63, 3.8) is 0 Å². The molecule has 0 aliphatic rings. The van der Waals surface area contributed by atoms with E-state index in [-0.39, 0.29) is 17.6 Å². The number of rotatable bonds is 5. The molecule has 0 spiro atoms. The average molecular weight is 247 g/mol. The van der Waals surface area contributed by atoms with Crippen molar-refractivity contribution in [3.05, 3.63) is 35.4 Å². The lowest BCUT2D eigenvalue weighted by atomic mass is 9.91. The maximum absolute atomic E-state index is 12.4. The highest BCUT2D eigenvalue weighted by Gasteiger charge is 2.25. The van der Waals surface area contributed by atoms with Gasteiger partial charge in [-0.1, -0.05) is 50.1 Å². The predicted molar refractivity (Wildman–Crippen MR) is 72.6 cm³/mol. The van der Waals surface area contributed by atoms with Crippen LogP contribution in [0.2, 0.25) is 0 Å². The number of hydrogen-bond donors (Lipinski definition) is 1. The van der Waals surface area contributed by atoms with E-state index in [0.29, 0.717) is 5.56 Å². The van der Waals surface area contributed by atoms with E-state index in [1.165, 1.54) is 6.92 Å². The average Bonchev–Trinajstić information content (AvgIpc) is 2.35. The van der Waals surface area contributed by atoms with Crippen LogP contribution in [-0.2, 0) is 4.79 Å². The van der Waals surface area contributed by atoms with Crippen LogP contribution in [0.15, 0.2) is 24.3 Å². The Hall–Kier alpha value is -1.64. The van der Waals surface area contributed by atoms with Gasteiger partial charge < -0.3 is 5.32 Å². The number of Topliss-reactive ketones (excluding diaryl/α,β-unsaturated/α-hetero) is 1. The molecule has 0 radical (unpaired) electrons. The molecule has 0 saturated heterocycles. The number of aryl methyl sites for hydroxylation is 1. The van der Waals surface area contributed by atoms with E-state index in [1.54, 1.807) is 0 Å². The Balaban J connectivity index is 2.94. The highest BCUT2D eigenvalue weighted by atomic mass is 16.2. The van der Waals surface area contributed by atoms with Crippen molar-refractivity contribution >= 4 is 11.7 Å². The van der Waals surface area contributed by atoms with E-state index in [0.717, 1.165) is 12.0 Å². The molecule has 0 fully saturated rings. The topological polar surface area (TPSA) is 46.2 Å². The SMILES string of the molecule is CC[C@H](C)[C@@H](NC(C)=O)C(=O)c1ccc(C)cc1. The minimum absolute atomic E-state index is 0.0143. The summed E-state index contributed by atoms with van der Waals surface area (Å²) in [5.74, 6) is -0.0528. The van der Waals surface area contributed by atoms with E-state index in [2.05, 4.69) is 5.32 Å². The van der Waals surface area contributed by atoms with Gasteiger partial charge in [-0.05, 0) is 12.8 Å². The van der Waals surface area contributed by atoms with Crippen LogP contribution >= 0.6 is 0 Å². The molecule has 0 bridgehead atoms. The van der Waals surface area contributed by atoms with Gasteiger partial charge in [0.05, 0.1) is 6.04 Å². The largest absolute Gasteiger partial charge is 0.346 e. The second kappa shape index (κ2) is 6.34. The minimum atomic E-state index is -0.435. The van der Waals surface area contributed by atoms with Gasteiger partial charge in [-0.2, -0.15) is 0 Å². The number of ketones is 1. The summed E-state index contributed by atoms with van der Waals surface area (Å²) in [6, 6.07) is 7.02. The highest BCUT2D eigenvalue weighted by molar-refractivity contribution is 6.01. The molecule has 1 amide bonds. The first-order valence-corrected chi connectivity index (χ1v) is 6.33.